The van der Waals surface area contributed by atoms with Crippen molar-refractivity contribution >= 4 is 45.5 Å². The summed E-state index contributed by atoms with van der Waals surface area (Å²) < 4.78 is 0. The molecule has 0 spiro atoms. The van der Waals surface area contributed by atoms with Crippen LogP contribution in [0.1, 0.15) is 17.7 Å². The van der Waals surface area contributed by atoms with E-state index in [1.807, 2.05) is 17.5 Å². The molecule has 0 saturated carbocycles. The Morgan fingerprint density at radius 1 is 1.09 bits per heavy atom. The Morgan fingerprint density at radius 3 is 2.69 bits per heavy atom. The van der Waals surface area contributed by atoms with E-state index >= 15 is 0 Å². The van der Waals surface area contributed by atoms with E-state index in [0.717, 1.165) is 4.88 Å². The van der Waals surface area contributed by atoms with E-state index in [9.17, 15) is 24.0 Å². The van der Waals surface area contributed by atoms with Gasteiger partial charge in [0.25, 0.3) is 11.1 Å². The third-order valence-electron chi connectivity index (χ3n) is 5.30. The molecule has 2 aromatic heterocycles. The van der Waals surface area contributed by atoms with Crippen molar-refractivity contribution in [3.8, 4) is 0 Å². The van der Waals surface area contributed by atoms with Crippen molar-refractivity contribution in [2.45, 2.75) is 25.3 Å². The van der Waals surface area contributed by atoms with Crippen molar-refractivity contribution < 1.29 is 14.4 Å². The van der Waals surface area contributed by atoms with E-state index < -0.39 is 29.0 Å². The lowest BCUT2D eigenvalue weighted by Crippen LogP contribution is -2.48. The number of nitrogens with one attached hydrogen (secondary N) is 4. The van der Waals surface area contributed by atoms with Gasteiger partial charge in [-0.25, -0.2) is 0 Å². The number of fused-ring (bicyclic) bond motifs is 1. The van der Waals surface area contributed by atoms with Gasteiger partial charge in [0, 0.05) is 11.4 Å². The highest BCUT2D eigenvalue weighted by Crippen LogP contribution is 2.20. The predicted molar refractivity (Wildman–Crippen MR) is 120 cm³/mol. The Balaban J connectivity index is 1.38. The van der Waals surface area contributed by atoms with Gasteiger partial charge in [0.15, 0.2) is 0 Å². The van der Waals surface area contributed by atoms with Crippen LogP contribution in [0.5, 0.6) is 0 Å². The third-order valence-corrected chi connectivity index (χ3v) is 6.18. The van der Waals surface area contributed by atoms with Crippen LogP contribution in [-0.2, 0) is 20.8 Å². The molecule has 32 heavy (non-hydrogen) atoms. The van der Waals surface area contributed by atoms with Crippen LogP contribution in [0.4, 0.5) is 5.69 Å². The number of amides is 3. The number of hydrogen-bond donors (Lipinski definition) is 4. The van der Waals surface area contributed by atoms with Crippen molar-refractivity contribution in [3.63, 3.8) is 0 Å². The zero-order valence-corrected chi connectivity index (χ0v) is 17.8. The molecule has 1 aromatic carbocycles. The first-order valence-electron chi connectivity index (χ1n) is 10.1. The highest BCUT2D eigenvalue weighted by molar-refractivity contribution is 7.10. The molecule has 11 heteroatoms. The van der Waals surface area contributed by atoms with Crippen molar-refractivity contribution in [1.82, 2.24) is 20.4 Å². The van der Waals surface area contributed by atoms with Crippen LogP contribution < -0.4 is 21.8 Å². The second kappa shape index (κ2) is 9.18. The molecule has 0 radical (unpaired) electrons. The number of carbonyl (C=O) groups excluding carboxylic acids is 3. The SMILES string of the molecule is O=C(CNC(=O)C1CCCN1C(=O)Cc1cccs1)Nc1cccc2c(=O)[nH][nH]c(=O)c12. The fourth-order valence-corrected chi connectivity index (χ4v) is 4.51. The van der Waals surface area contributed by atoms with Gasteiger partial charge in [0.05, 0.1) is 29.4 Å². The first-order chi connectivity index (χ1) is 15.4. The summed E-state index contributed by atoms with van der Waals surface area (Å²) in [5.74, 6) is -1.07. The van der Waals surface area contributed by atoms with Gasteiger partial charge in [-0.1, -0.05) is 12.1 Å². The molecular formula is C21H21N5O5S. The van der Waals surface area contributed by atoms with Crippen LogP contribution in [0.2, 0.25) is 0 Å². The molecule has 1 fully saturated rings. The number of benzene rings is 1. The molecule has 1 aliphatic rings. The smallest absolute Gasteiger partial charge is 0.272 e. The van der Waals surface area contributed by atoms with E-state index in [1.54, 1.807) is 11.0 Å². The largest absolute Gasteiger partial charge is 0.345 e. The Kier molecular flexibility index (Phi) is 6.17. The molecule has 0 aliphatic carbocycles. The standard InChI is InChI=1S/C21H21N5O5S/c27-16(23-14-6-1-5-13-18(14)21(31)25-24-19(13)29)11-22-20(30)15-7-2-8-26(15)17(28)10-12-4-3-9-32-12/h1,3-6,9,15H,2,7-8,10-11H2,(H,22,30)(H,23,27)(H,24,29)(H,25,31). The van der Waals surface area contributed by atoms with E-state index in [0.29, 0.717) is 19.4 Å². The first-order valence-corrected chi connectivity index (χ1v) is 10.9. The van der Waals surface area contributed by atoms with E-state index in [2.05, 4.69) is 20.8 Å². The quantitative estimate of drug-likeness (QED) is 0.429. The number of rotatable bonds is 6. The second-order valence-corrected chi connectivity index (χ2v) is 8.44. The lowest BCUT2D eigenvalue weighted by molar-refractivity contribution is -0.138. The summed E-state index contributed by atoms with van der Waals surface area (Å²) in [6.07, 6.45) is 1.50. The third kappa shape index (κ3) is 4.47. The maximum Gasteiger partial charge on any atom is 0.272 e. The van der Waals surface area contributed by atoms with Gasteiger partial charge in [-0.2, -0.15) is 0 Å². The van der Waals surface area contributed by atoms with Gasteiger partial charge in [0.1, 0.15) is 6.04 Å². The molecule has 1 atom stereocenters. The average molecular weight is 455 g/mol. The Bertz CT molecular complexity index is 1280. The summed E-state index contributed by atoms with van der Waals surface area (Å²) in [5.41, 5.74) is -0.870. The molecule has 3 aromatic rings. The number of anilines is 1. The molecule has 1 saturated heterocycles. The van der Waals surface area contributed by atoms with Gasteiger partial charge in [-0.15, -0.1) is 11.3 Å². The van der Waals surface area contributed by atoms with E-state index in [1.165, 1.54) is 23.5 Å². The lowest BCUT2D eigenvalue weighted by Gasteiger charge is -2.23. The topological polar surface area (TPSA) is 144 Å². The molecule has 3 amide bonds. The first kappa shape index (κ1) is 21.5. The van der Waals surface area contributed by atoms with Crippen molar-refractivity contribution in [2.24, 2.45) is 0 Å². The Labute approximate surface area is 185 Å². The Morgan fingerprint density at radius 2 is 1.91 bits per heavy atom. The number of nitrogens with zero attached hydrogens (tertiary/aromatic N) is 1. The van der Waals surface area contributed by atoms with Gasteiger partial charge in [-0.05, 0) is 36.4 Å². The molecule has 10 nitrogen and oxygen atoms in total. The summed E-state index contributed by atoms with van der Waals surface area (Å²) in [4.78, 5) is 64.1. The monoisotopic (exact) mass is 455 g/mol. The maximum absolute atomic E-state index is 12.6. The molecule has 1 unspecified atom stereocenters. The fourth-order valence-electron chi connectivity index (χ4n) is 3.81. The molecule has 3 heterocycles. The van der Waals surface area contributed by atoms with Crippen LogP contribution in [0.3, 0.4) is 0 Å². The number of aromatic nitrogens is 2. The van der Waals surface area contributed by atoms with Gasteiger partial charge in [0.2, 0.25) is 17.7 Å². The van der Waals surface area contributed by atoms with Crippen molar-refractivity contribution in [2.75, 3.05) is 18.4 Å². The Hall–Kier alpha value is -3.73. The minimum absolute atomic E-state index is 0.0528. The van der Waals surface area contributed by atoms with Gasteiger partial charge < -0.3 is 15.5 Å². The van der Waals surface area contributed by atoms with Crippen LogP contribution in [-0.4, -0.2) is 52.0 Å². The number of hydrogen-bond acceptors (Lipinski definition) is 6. The van der Waals surface area contributed by atoms with Crippen molar-refractivity contribution in [3.05, 3.63) is 61.3 Å². The zero-order chi connectivity index (χ0) is 22.7. The lowest BCUT2D eigenvalue weighted by atomic mass is 10.1. The van der Waals surface area contributed by atoms with Crippen LogP contribution in [0.15, 0.2) is 45.3 Å². The van der Waals surface area contributed by atoms with Gasteiger partial charge in [-0.3, -0.25) is 34.2 Å². The molecular weight excluding hydrogens is 434 g/mol. The maximum atomic E-state index is 12.6. The fraction of sp³-hybridized carbons (Fsp3) is 0.286. The average Bonchev–Trinajstić information content (AvgIpc) is 3.47. The number of carbonyl (C=O) groups is 3. The normalized spacial score (nSPS) is 15.6. The summed E-state index contributed by atoms with van der Waals surface area (Å²) in [7, 11) is 0. The highest BCUT2D eigenvalue weighted by atomic mass is 32.1. The van der Waals surface area contributed by atoms with Crippen LogP contribution in [0.25, 0.3) is 10.8 Å². The predicted octanol–water partition coefficient (Wildman–Crippen LogP) is 0.566. The molecule has 4 N–H and O–H groups in total. The molecule has 4 rings (SSSR count). The second-order valence-electron chi connectivity index (χ2n) is 7.40. The number of likely N-dealkylation sites (tertiary alicyclic amines) is 1. The molecule has 166 valence electrons. The summed E-state index contributed by atoms with van der Waals surface area (Å²) >= 11 is 1.49. The summed E-state index contributed by atoms with van der Waals surface area (Å²) in [5, 5.41) is 11.7. The zero-order valence-electron chi connectivity index (χ0n) is 17.0. The van der Waals surface area contributed by atoms with Crippen molar-refractivity contribution in [1.29, 1.82) is 0 Å². The number of aromatic amines is 2. The minimum atomic E-state index is -0.616. The highest BCUT2D eigenvalue weighted by Gasteiger charge is 2.34. The van der Waals surface area contributed by atoms with Crippen LogP contribution in [0, 0.1) is 0 Å². The summed E-state index contributed by atoms with van der Waals surface area (Å²) in [6.45, 7) is 0.168. The summed E-state index contributed by atoms with van der Waals surface area (Å²) in [6, 6.07) is 7.65. The van der Waals surface area contributed by atoms with Gasteiger partial charge >= 0.3 is 0 Å². The number of H-pyrrole nitrogens is 2. The molecule has 0 bridgehead atoms. The van der Waals surface area contributed by atoms with E-state index in [4.69, 9.17) is 0 Å². The van der Waals surface area contributed by atoms with Crippen LogP contribution >= 0.6 is 11.3 Å². The van der Waals surface area contributed by atoms with E-state index in [-0.39, 0.29) is 35.3 Å². The molecule has 1 aliphatic heterocycles. The number of thiophene rings is 1. The minimum Gasteiger partial charge on any atom is -0.345 e.